The van der Waals surface area contributed by atoms with Crippen LogP contribution >= 0.6 is 23.2 Å². The number of hydrogen-bond donors (Lipinski definition) is 1. The molecule has 1 N–H and O–H groups in total. The Labute approximate surface area is 135 Å². The lowest BCUT2D eigenvalue weighted by Crippen LogP contribution is -2.27. The largest absolute Gasteiger partial charge is 0.346 e. The minimum absolute atomic E-state index is 0.0882. The van der Waals surface area contributed by atoms with Crippen LogP contribution in [0.4, 0.5) is 0 Å². The van der Waals surface area contributed by atoms with Crippen LogP contribution in [-0.4, -0.2) is 5.91 Å². The van der Waals surface area contributed by atoms with Gasteiger partial charge in [-0.25, -0.2) is 0 Å². The van der Waals surface area contributed by atoms with Gasteiger partial charge in [-0.3, -0.25) is 4.79 Å². The smallest absolute Gasteiger partial charge is 0.252 e. The van der Waals surface area contributed by atoms with Gasteiger partial charge < -0.3 is 5.32 Å². The topological polar surface area (TPSA) is 29.1 Å². The van der Waals surface area contributed by atoms with Crippen molar-refractivity contribution in [3.8, 4) is 0 Å². The molecular weight excluding hydrogens is 305 g/mol. The second-order valence-electron chi connectivity index (χ2n) is 5.19. The molecule has 21 heavy (non-hydrogen) atoms. The SMILES string of the molecule is Cc1ccc(C)c(C(=O)NC(C)c2ccc(Cl)c(Cl)c2)c1. The van der Waals surface area contributed by atoms with Gasteiger partial charge in [0.25, 0.3) is 5.91 Å². The maximum absolute atomic E-state index is 12.4. The first-order valence-electron chi connectivity index (χ1n) is 6.71. The average molecular weight is 322 g/mol. The Balaban J connectivity index is 2.18. The quantitative estimate of drug-likeness (QED) is 0.837. The van der Waals surface area contributed by atoms with E-state index in [9.17, 15) is 4.79 Å². The summed E-state index contributed by atoms with van der Waals surface area (Å²) in [7, 11) is 0. The molecule has 0 spiro atoms. The second kappa shape index (κ2) is 6.50. The molecule has 1 unspecified atom stereocenters. The van der Waals surface area contributed by atoms with E-state index in [0.717, 1.165) is 16.7 Å². The molecule has 110 valence electrons. The van der Waals surface area contributed by atoms with Gasteiger partial charge in [0.05, 0.1) is 16.1 Å². The highest BCUT2D eigenvalue weighted by Gasteiger charge is 2.14. The summed E-state index contributed by atoms with van der Waals surface area (Å²) in [5.41, 5.74) is 3.64. The van der Waals surface area contributed by atoms with Crippen molar-refractivity contribution in [3.05, 3.63) is 68.7 Å². The normalized spacial score (nSPS) is 12.0. The number of halogens is 2. The summed E-state index contributed by atoms with van der Waals surface area (Å²) >= 11 is 11.9. The van der Waals surface area contributed by atoms with Crippen LogP contribution in [0, 0.1) is 13.8 Å². The molecule has 0 aromatic heterocycles. The zero-order valence-electron chi connectivity index (χ0n) is 12.2. The molecule has 0 bridgehead atoms. The minimum atomic E-state index is -0.146. The number of benzene rings is 2. The van der Waals surface area contributed by atoms with E-state index in [1.165, 1.54) is 0 Å². The first kappa shape index (κ1) is 15.9. The molecule has 0 aliphatic carbocycles. The maximum Gasteiger partial charge on any atom is 0.252 e. The van der Waals surface area contributed by atoms with Gasteiger partial charge in [0.2, 0.25) is 0 Å². The number of amides is 1. The first-order valence-corrected chi connectivity index (χ1v) is 7.47. The average Bonchev–Trinajstić information content (AvgIpc) is 2.44. The third-order valence-corrected chi connectivity index (χ3v) is 4.17. The molecule has 1 atom stereocenters. The summed E-state index contributed by atoms with van der Waals surface area (Å²) in [6.07, 6.45) is 0. The molecule has 0 aliphatic heterocycles. The fourth-order valence-electron chi connectivity index (χ4n) is 2.12. The predicted molar refractivity (Wildman–Crippen MR) is 88.3 cm³/mol. The van der Waals surface area contributed by atoms with Crippen molar-refractivity contribution in [2.75, 3.05) is 0 Å². The van der Waals surface area contributed by atoms with Crippen molar-refractivity contribution in [2.24, 2.45) is 0 Å². The third-order valence-electron chi connectivity index (χ3n) is 3.43. The highest BCUT2D eigenvalue weighted by atomic mass is 35.5. The number of carbonyl (C=O) groups excluding carboxylic acids is 1. The fourth-order valence-corrected chi connectivity index (χ4v) is 2.43. The monoisotopic (exact) mass is 321 g/mol. The Morgan fingerprint density at radius 2 is 1.76 bits per heavy atom. The molecule has 0 aliphatic rings. The summed E-state index contributed by atoms with van der Waals surface area (Å²) < 4.78 is 0. The van der Waals surface area contributed by atoms with E-state index in [-0.39, 0.29) is 11.9 Å². The Kier molecular flexibility index (Phi) is 4.92. The van der Waals surface area contributed by atoms with E-state index >= 15 is 0 Å². The van der Waals surface area contributed by atoms with Crippen LogP contribution in [0.15, 0.2) is 36.4 Å². The molecule has 2 nitrogen and oxygen atoms in total. The Morgan fingerprint density at radius 1 is 1.05 bits per heavy atom. The van der Waals surface area contributed by atoms with Gasteiger partial charge in [-0.1, -0.05) is 47.0 Å². The Hall–Kier alpha value is -1.51. The Morgan fingerprint density at radius 3 is 2.43 bits per heavy atom. The molecule has 2 aromatic rings. The van der Waals surface area contributed by atoms with Crippen molar-refractivity contribution in [1.82, 2.24) is 5.32 Å². The van der Waals surface area contributed by atoms with Crippen LogP contribution in [0.1, 0.15) is 40.0 Å². The standard InChI is InChI=1S/C17H17Cl2NO/c1-10-4-5-11(2)14(8-10)17(21)20-12(3)13-6-7-15(18)16(19)9-13/h4-9,12H,1-3H3,(H,20,21). The van der Waals surface area contributed by atoms with Crippen LogP contribution in [0.3, 0.4) is 0 Å². The first-order chi connectivity index (χ1) is 9.88. The zero-order chi connectivity index (χ0) is 15.6. The number of hydrogen-bond acceptors (Lipinski definition) is 1. The van der Waals surface area contributed by atoms with Crippen LogP contribution in [-0.2, 0) is 0 Å². The van der Waals surface area contributed by atoms with Gasteiger partial charge >= 0.3 is 0 Å². The lowest BCUT2D eigenvalue weighted by Gasteiger charge is -2.16. The molecule has 0 saturated heterocycles. The number of carbonyl (C=O) groups is 1. The van der Waals surface area contributed by atoms with Gasteiger partial charge in [-0.05, 0) is 50.1 Å². The lowest BCUT2D eigenvalue weighted by atomic mass is 10.0. The summed E-state index contributed by atoms with van der Waals surface area (Å²) in [4.78, 5) is 12.4. The molecule has 0 radical (unpaired) electrons. The van der Waals surface area contributed by atoms with Crippen molar-refractivity contribution in [2.45, 2.75) is 26.8 Å². The number of nitrogens with one attached hydrogen (secondary N) is 1. The predicted octanol–water partition coefficient (Wildman–Crippen LogP) is 5.10. The summed E-state index contributed by atoms with van der Waals surface area (Å²) in [6, 6.07) is 11.1. The summed E-state index contributed by atoms with van der Waals surface area (Å²) in [6.45, 7) is 5.82. The van der Waals surface area contributed by atoms with Crippen LogP contribution < -0.4 is 5.32 Å². The molecule has 0 heterocycles. The number of rotatable bonds is 3. The van der Waals surface area contributed by atoms with Gasteiger partial charge in [0, 0.05) is 5.56 Å². The summed E-state index contributed by atoms with van der Waals surface area (Å²) in [5, 5.41) is 3.98. The molecular formula is C17H17Cl2NO. The van der Waals surface area contributed by atoms with E-state index in [2.05, 4.69) is 5.32 Å². The minimum Gasteiger partial charge on any atom is -0.346 e. The second-order valence-corrected chi connectivity index (χ2v) is 6.00. The maximum atomic E-state index is 12.4. The van der Waals surface area contributed by atoms with Crippen molar-refractivity contribution in [1.29, 1.82) is 0 Å². The fraction of sp³-hybridized carbons (Fsp3) is 0.235. The van der Waals surface area contributed by atoms with Crippen LogP contribution in [0.25, 0.3) is 0 Å². The van der Waals surface area contributed by atoms with Crippen LogP contribution in [0.2, 0.25) is 10.0 Å². The van der Waals surface area contributed by atoms with Gasteiger partial charge in [0.15, 0.2) is 0 Å². The zero-order valence-corrected chi connectivity index (χ0v) is 13.7. The van der Waals surface area contributed by atoms with Crippen molar-refractivity contribution >= 4 is 29.1 Å². The van der Waals surface area contributed by atoms with Crippen molar-refractivity contribution in [3.63, 3.8) is 0 Å². The molecule has 2 rings (SSSR count). The van der Waals surface area contributed by atoms with E-state index in [1.807, 2.05) is 45.0 Å². The summed E-state index contributed by atoms with van der Waals surface area (Å²) in [5.74, 6) is -0.0882. The highest BCUT2D eigenvalue weighted by Crippen LogP contribution is 2.25. The molecule has 0 saturated carbocycles. The molecule has 2 aromatic carbocycles. The van der Waals surface area contributed by atoms with Crippen molar-refractivity contribution < 1.29 is 4.79 Å². The highest BCUT2D eigenvalue weighted by molar-refractivity contribution is 6.42. The van der Waals surface area contributed by atoms with E-state index < -0.39 is 0 Å². The molecule has 0 fully saturated rings. The van der Waals surface area contributed by atoms with E-state index in [0.29, 0.717) is 15.6 Å². The van der Waals surface area contributed by atoms with Gasteiger partial charge in [-0.15, -0.1) is 0 Å². The number of aryl methyl sites for hydroxylation is 2. The third kappa shape index (κ3) is 3.78. The van der Waals surface area contributed by atoms with Gasteiger partial charge in [-0.2, -0.15) is 0 Å². The van der Waals surface area contributed by atoms with E-state index in [1.54, 1.807) is 12.1 Å². The lowest BCUT2D eigenvalue weighted by molar-refractivity contribution is 0.0939. The van der Waals surface area contributed by atoms with Crippen LogP contribution in [0.5, 0.6) is 0 Å². The van der Waals surface area contributed by atoms with Gasteiger partial charge in [0.1, 0.15) is 0 Å². The molecule has 1 amide bonds. The van der Waals surface area contributed by atoms with E-state index in [4.69, 9.17) is 23.2 Å². The Bertz CT molecular complexity index is 682. The molecule has 4 heteroatoms.